The fourth-order valence-corrected chi connectivity index (χ4v) is 5.59. The first-order valence-corrected chi connectivity index (χ1v) is 17.9. The van der Waals surface area contributed by atoms with E-state index in [4.69, 9.17) is 22.1 Å². The van der Waals surface area contributed by atoms with Gasteiger partial charge in [0.2, 0.25) is 0 Å². The van der Waals surface area contributed by atoms with Crippen LogP contribution in [0.4, 0.5) is 33.4 Å². The number of anilines is 5. The number of nitrogen functional groups attached to an aromatic ring is 1. The molecule has 0 spiro atoms. The molecule has 2 aromatic carbocycles. The second-order valence-corrected chi connectivity index (χ2v) is 14.8. The minimum Gasteiger partial charge on any atom is -0.443 e. The molecule has 2 aliphatic carbocycles. The van der Waals surface area contributed by atoms with Gasteiger partial charge in [-0.1, -0.05) is 23.7 Å². The second kappa shape index (κ2) is 15.1. The highest BCUT2D eigenvalue weighted by Crippen LogP contribution is 2.36. The average molecular weight is 723 g/mol. The molecule has 52 heavy (non-hydrogen) atoms. The van der Waals surface area contributed by atoms with Crippen LogP contribution in [0.2, 0.25) is 5.15 Å². The lowest BCUT2D eigenvalue weighted by Gasteiger charge is -2.27. The van der Waals surface area contributed by atoms with E-state index in [1.165, 1.54) is 35.1 Å². The topological polar surface area (TPSA) is 140 Å². The summed E-state index contributed by atoms with van der Waals surface area (Å²) < 4.78 is 9.06. The van der Waals surface area contributed by atoms with E-state index in [9.17, 15) is 4.79 Å². The third-order valence-electron chi connectivity index (χ3n) is 8.68. The average Bonchev–Trinajstić information content (AvgIpc) is 3.98. The summed E-state index contributed by atoms with van der Waals surface area (Å²) in [5, 5.41) is 15.9. The molecule has 12 nitrogen and oxygen atoms in total. The van der Waals surface area contributed by atoms with Crippen molar-refractivity contribution in [3.05, 3.63) is 101 Å². The summed E-state index contributed by atoms with van der Waals surface area (Å²) in [6, 6.07) is 16.5. The summed E-state index contributed by atoms with van der Waals surface area (Å²) in [7, 11) is 0. The summed E-state index contributed by atoms with van der Waals surface area (Å²) in [6.07, 6.45) is 11.0. The van der Waals surface area contributed by atoms with Gasteiger partial charge in [0.1, 0.15) is 5.60 Å². The number of carbonyl (C=O) groups is 1. The molecule has 2 aliphatic rings. The van der Waals surface area contributed by atoms with Crippen molar-refractivity contribution in [2.45, 2.75) is 91.8 Å². The fraction of sp³-hybridized carbons (Fsp3) is 0.359. The number of hydrogen-bond donors (Lipinski definition) is 3. The number of carbonyl (C=O) groups excluding carboxylic acids is 1. The third-order valence-corrected chi connectivity index (χ3v) is 8.86. The number of hydrogen-bond acceptors (Lipinski definition) is 9. The first-order valence-electron chi connectivity index (χ1n) is 17.5. The van der Waals surface area contributed by atoms with Crippen molar-refractivity contribution in [1.82, 2.24) is 29.2 Å². The van der Waals surface area contributed by atoms with E-state index in [1.54, 1.807) is 38.7 Å². The molecular weight excluding hydrogens is 676 g/mol. The molecule has 0 bridgehead atoms. The molecule has 0 atom stereocenters. The summed E-state index contributed by atoms with van der Waals surface area (Å²) in [5.41, 5.74) is 14.9. The zero-order valence-electron chi connectivity index (χ0n) is 30.8. The van der Waals surface area contributed by atoms with Crippen molar-refractivity contribution >= 4 is 57.6 Å². The number of ether oxygens (including phenoxy) is 1. The van der Waals surface area contributed by atoms with E-state index in [-0.39, 0.29) is 12.1 Å². The lowest BCUT2D eigenvalue weighted by molar-refractivity contribution is 0.0578. The van der Waals surface area contributed by atoms with Gasteiger partial charge in [-0.05, 0) is 121 Å². The van der Waals surface area contributed by atoms with E-state index in [1.807, 2.05) is 57.2 Å². The van der Waals surface area contributed by atoms with Crippen LogP contribution in [-0.2, 0) is 4.74 Å². The Bertz CT molecular complexity index is 2200. The summed E-state index contributed by atoms with van der Waals surface area (Å²) in [4.78, 5) is 23.4. The van der Waals surface area contributed by atoms with Gasteiger partial charge in [-0.3, -0.25) is 4.90 Å². The van der Waals surface area contributed by atoms with Gasteiger partial charge in [0.15, 0.2) is 22.3 Å². The number of aryl methyl sites for hydroxylation is 4. The molecule has 0 saturated heterocycles. The Morgan fingerprint density at radius 3 is 2.08 bits per heavy atom. The lowest BCUT2D eigenvalue weighted by atomic mass is 10.1. The molecule has 8 rings (SSSR count). The number of halogens is 1. The Kier molecular flexibility index (Phi) is 10.6. The summed E-state index contributed by atoms with van der Waals surface area (Å²) >= 11 is 5.88. The Morgan fingerprint density at radius 1 is 0.846 bits per heavy atom. The van der Waals surface area contributed by atoms with Crippen molar-refractivity contribution in [2.75, 3.05) is 21.3 Å². The minimum absolute atomic E-state index is 0.127. The highest BCUT2D eigenvalue weighted by Gasteiger charge is 2.38. The molecule has 0 aliphatic heterocycles. The van der Waals surface area contributed by atoms with E-state index in [0.717, 1.165) is 35.6 Å². The first kappa shape index (κ1) is 36.4. The number of imidazole rings is 2. The molecule has 1 amide bonds. The van der Waals surface area contributed by atoms with Gasteiger partial charge < -0.3 is 21.1 Å². The molecule has 2 fully saturated rings. The van der Waals surface area contributed by atoms with E-state index >= 15 is 0 Å². The van der Waals surface area contributed by atoms with Crippen LogP contribution in [0.1, 0.15) is 68.7 Å². The molecule has 2 saturated carbocycles. The minimum atomic E-state index is -0.566. The molecule has 4 N–H and O–H groups in total. The molecule has 0 radical (unpaired) electrons. The van der Waals surface area contributed by atoms with Crippen LogP contribution in [0.25, 0.3) is 11.3 Å². The molecular formula is C39H47ClN10O2. The Morgan fingerprint density at radius 2 is 1.48 bits per heavy atom. The highest BCUT2D eigenvalue weighted by atomic mass is 35.5. The third kappa shape index (κ3) is 9.29. The van der Waals surface area contributed by atoms with Gasteiger partial charge in [-0.25, -0.2) is 23.8 Å². The van der Waals surface area contributed by atoms with Gasteiger partial charge >= 0.3 is 6.09 Å². The quantitative estimate of drug-likeness (QED) is 0.144. The van der Waals surface area contributed by atoms with Crippen LogP contribution in [0.15, 0.2) is 73.3 Å². The fourth-order valence-electron chi connectivity index (χ4n) is 5.40. The number of nitrogens with two attached hydrogens (primary N) is 1. The maximum absolute atomic E-state index is 13.0. The van der Waals surface area contributed by atoms with Crippen molar-refractivity contribution in [3.63, 3.8) is 0 Å². The zero-order chi connectivity index (χ0) is 37.2. The van der Waals surface area contributed by atoms with Crippen LogP contribution in [0.3, 0.4) is 0 Å². The maximum Gasteiger partial charge on any atom is 0.415 e. The van der Waals surface area contributed by atoms with Crippen molar-refractivity contribution in [2.24, 2.45) is 0 Å². The number of benzene rings is 2. The molecule has 6 aromatic rings. The van der Waals surface area contributed by atoms with Gasteiger partial charge in [0, 0.05) is 60.4 Å². The number of rotatable bonds is 6. The molecule has 13 heteroatoms. The number of nitrogens with zero attached hydrogens (tertiary/aromatic N) is 7. The van der Waals surface area contributed by atoms with Crippen LogP contribution in [0, 0.1) is 27.7 Å². The van der Waals surface area contributed by atoms with Gasteiger partial charge in [-0.15, -0.1) is 5.10 Å². The Balaban J connectivity index is 0.000000165. The predicted octanol–water partition coefficient (Wildman–Crippen LogP) is 8.84. The van der Waals surface area contributed by atoms with Gasteiger partial charge in [-0.2, -0.15) is 5.10 Å². The van der Waals surface area contributed by atoms with Crippen LogP contribution in [-0.4, -0.2) is 53.0 Å². The highest BCUT2D eigenvalue weighted by molar-refractivity contribution is 6.29. The van der Waals surface area contributed by atoms with Gasteiger partial charge in [0.05, 0.1) is 11.4 Å². The standard InChI is InChI=1S/C22H27N5O2.C9H9ClN4.C8H11N/c1-14-6-7-16(12-15(14)2)24-19-13-18(20-23-10-11-26(20)25-19)27(17-8-9-17)21(28)29-22(3,4)5;10-8-5-7(12-6-1-2-6)9-11-3-4-14(9)13-8;1-6-3-4-8(9)5-7(6)2/h6-7,10-13,17H,8-9H2,1-5H3,(H,24,25);3-6,12H,1-2H2;3-5H,9H2,1-2H3. The van der Waals surface area contributed by atoms with Crippen LogP contribution in [0.5, 0.6) is 0 Å². The van der Waals surface area contributed by atoms with Crippen LogP contribution < -0.4 is 21.3 Å². The Labute approximate surface area is 309 Å². The maximum atomic E-state index is 13.0. The lowest BCUT2D eigenvalue weighted by Crippen LogP contribution is -2.38. The first-order chi connectivity index (χ1) is 24.7. The van der Waals surface area contributed by atoms with E-state index < -0.39 is 5.60 Å². The van der Waals surface area contributed by atoms with Crippen molar-refractivity contribution < 1.29 is 9.53 Å². The smallest absolute Gasteiger partial charge is 0.415 e. The number of nitrogens with one attached hydrogen (secondary N) is 2. The molecule has 4 heterocycles. The summed E-state index contributed by atoms with van der Waals surface area (Å²) in [6.45, 7) is 13.9. The second-order valence-electron chi connectivity index (χ2n) is 14.5. The van der Waals surface area contributed by atoms with E-state index in [0.29, 0.717) is 28.3 Å². The van der Waals surface area contributed by atoms with E-state index in [2.05, 4.69) is 70.6 Å². The molecule has 0 unspecified atom stereocenters. The molecule has 4 aromatic heterocycles. The number of aromatic nitrogens is 6. The zero-order valence-corrected chi connectivity index (χ0v) is 31.6. The molecule has 272 valence electrons. The summed E-state index contributed by atoms with van der Waals surface area (Å²) in [5.74, 6) is 0.642. The normalized spacial score (nSPS) is 13.8. The predicted molar refractivity (Wildman–Crippen MR) is 209 cm³/mol. The van der Waals surface area contributed by atoms with Gasteiger partial charge in [0.25, 0.3) is 0 Å². The monoisotopic (exact) mass is 722 g/mol. The Hall–Kier alpha value is -5.36. The largest absolute Gasteiger partial charge is 0.443 e. The number of amides is 1. The number of fused-ring (bicyclic) bond motifs is 2. The van der Waals surface area contributed by atoms with Crippen LogP contribution >= 0.6 is 11.6 Å². The van der Waals surface area contributed by atoms with Crippen molar-refractivity contribution in [3.8, 4) is 0 Å². The SMILES string of the molecule is Cc1ccc(N)cc1C.Cc1ccc(Nc2cc(N(C(=O)OC(C)(C)C)C3CC3)c3nccn3n2)cc1C.Clc1cc(NC2CC2)c2nccn2n1. The van der Waals surface area contributed by atoms with Crippen molar-refractivity contribution in [1.29, 1.82) is 0 Å².